The lowest BCUT2D eigenvalue weighted by Gasteiger charge is -2.35. The first kappa shape index (κ1) is 14.0. The number of hydrogen-bond acceptors (Lipinski definition) is 6. The number of hydrazine groups is 1. The van der Waals surface area contributed by atoms with Crippen LogP contribution < -0.4 is 16.2 Å². The quantitative estimate of drug-likeness (QED) is 0.548. The number of nitrogens with two attached hydrogens (primary N) is 1. The van der Waals surface area contributed by atoms with E-state index in [4.69, 9.17) is 5.84 Å². The highest BCUT2D eigenvalue weighted by molar-refractivity contribution is 5.49. The van der Waals surface area contributed by atoms with E-state index in [0.29, 0.717) is 24.2 Å². The molecule has 0 atom stereocenters. The van der Waals surface area contributed by atoms with E-state index in [1.54, 1.807) is 0 Å². The maximum Gasteiger partial charge on any atom is 0.145 e. The molecule has 1 aromatic heterocycles. The number of aliphatic hydroxyl groups is 1. The Morgan fingerprint density at radius 1 is 1.37 bits per heavy atom. The summed E-state index contributed by atoms with van der Waals surface area (Å²) in [5.41, 5.74) is 2.57. The summed E-state index contributed by atoms with van der Waals surface area (Å²) in [6, 6.07) is 2.30. The first-order valence-corrected chi connectivity index (χ1v) is 6.94. The van der Waals surface area contributed by atoms with Gasteiger partial charge in [-0.05, 0) is 19.8 Å². The van der Waals surface area contributed by atoms with Gasteiger partial charge in [-0.1, -0.05) is 19.3 Å². The maximum absolute atomic E-state index is 9.30. The molecule has 0 aromatic carbocycles. The maximum atomic E-state index is 9.30. The Bertz CT molecular complexity index is 406. The molecular formula is C13H23N5O. The molecule has 2 rings (SSSR count). The molecule has 1 saturated carbocycles. The van der Waals surface area contributed by atoms with E-state index in [2.05, 4.69) is 20.3 Å². The van der Waals surface area contributed by atoms with Gasteiger partial charge in [-0.25, -0.2) is 15.8 Å². The van der Waals surface area contributed by atoms with E-state index in [0.717, 1.165) is 18.7 Å². The molecule has 0 unspecified atom stereocenters. The molecule has 0 bridgehead atoms. The zero-order valence-corrected chi connectivity index (χ0v) is 11.5. The van der Waals surface area contributed by atoms with Gasteiger partial charge < -0.3 is 15.4 Å². The molecule has 1 aliphatic carbocycles. The number of aliphatic hydroxyl groups excluding tert-OH is 1. The Morgan fingerprint density at radius 2 is 2.11 bits per heavy atom. The summed E-state index contributed by atoms with van der Waals surface area (Å²) in [6.07, 6.45) is 6.13. The fraction of sp³-hybridized carbons (Fsp3) is 0.692. The number of nitrogens with one attached hydrogen (secondary N) is 1. The Labute approximate surface area is 114 Å². The predicted molar refractivity (Wildman–Crippen MR) is 75.9 cm³/mol. The zero-order chi connectivity index (χ0) is 13.7. The number of nitrogens with zero attached hydrogens (tertiary/aromatic N) is 3. The number of nitrogen functional groups attached to an aromatic ring is 1. The van der Waals surface area contributed by atoms with Crippen molar-refractivity contribution in [3.63, 3.8) is 0 Å². The van der Waals surface area contributed by atoms with E-state index >= 15 is 0 Å². The summed E-state index contributed by atoms with van der Waals surface area (Å²) < 4.78 is 0. The molecule has 1 aromatic rings. The van der Waals surface area contributed by atoms with Gasteiger partial charge in [-0.3, -0.25) is 0 Å². The average Bonchev–Trinajstić information content (AvgIpc) is 2.45. The third-order valence-electron chi connectivity index (χ3n) is 3.62. The average molecular weight is 265 g/mol. The Hall–Kier alpha value is -1.40. The number of aryl methyl sites for hydroxylation is 1. The summed E-state index contributed by atoms with van der Waals surface area (Å²) in [5.74, 6) is 7.58. The molecule has 0 aliphatic heterocycles. The Kier molecular flexibility index (Phi) is 4.93. The summed E-state index contributed by atoms with van der Waals surface area (Å²) in [4.78, 5) is 10.9. The van der Waals surface area contributed by atoms with Crippen LogP contribution in [0.15, 0.2) is 6.07 Å². The van der Waals surface area contributed by atoms with Gasteiger partial charge in [0.1, 0.15) is 17.5 Å². The Morgan fingerprint density at radius 3 is 2.74 bits per heavy atom. The second kappa shape index (κ2) is 6.68. The van der Waals surface area contributed by atoms with Gasteiger partial charge in [0.25, 0.3) is 0 Å². The second-order valence-corrected chi connectivity index (χ2v) is 5.01. The van der Waals surface area contributed by atoms with Gasteiger partial charge in [-0.15, -0.1) is 0 Å². The van der Waals surface area contributed by atoms with Crippen LogP contribution in [0.2, 0.25) is 0 Å². The molecule has 0 spiro atoms. The first-order valence-electron chi connectivity index (χ1n) is 6.94. The van der Waals surface area contributed by atoms with Crippen LogP contribution in [0, 0.1) is 6.92 Å². The van der Waals surface area contributed by atoms with Crippen LogP contribution in [0.25, 0.3) is 0 Å². The normalized spacial score (nSPS) is 16.4. The molecule has 4 N–H and O–H groups in total. The molecule has 1 heterocycles. The van der Waals surface area contributed by atoms with Crippen LogP contribution in [0.3, 0.4) is 0 Å². The lowest BCUT2D eigenvalue weighted by atomic mass is 9.94. The molecule has 6 heteroatoms. The fourth-order valence-electron chi connectivity index (χ4n) is 2.76. The minimum Gasteiger partial charge on any atom is -0.395 e. The molecule has 6 nitrogen and oxygen atoms in total. The van der Waals surface area contributed by atoms with Gasteiger partial charge >= 0.3 is 0 Å². The lowest BCUT2D eigenvalue weighted by molar-refractivity contribution is 0.289. The molecule has 106 valence electrons. The minimum atomic E-state index is 0.130. The van der Waals surface area contributed by atoms with Crippen molar-refractivity contribution in [3.05, 3.63) is 11.9 Å². The highest BCUT2D eigenvalue weighted by Gasteiger charge is 2.22. The molecule has 0 radical (unpaired) electrons. The van der Waals surface area contributed by atoms with Crippen molar-refractivity contribution in [2.24, 2.45) is 5.84 Å². The zero-order valence-electron chi connectivity index (χ0n) is 11.5. The van der Waals surface area contributed by atoms with Crippen LogP contribution in [0.5, 0.6) is 0 Å². The molecule has 1 aliphatic rings. The lowest BCUT2D eigenvalue weighted by Crippen LogP contribution is -2.39. The molecule has 0 saturated heterocycles. The SMILES string of the molecule is Cc1nc(NN)cc(N(CCO)C2CCCCC2)n1. The van der Waals surface area contributed by atoms with Crippen molar-refractivity contribution in [2.75, 3.05) is 23.5 Å². The van der Waals surface area contributed by atoms with Crippen LogP contribution in [0.4, 0.5) is 11.6 Å². The standard InChI is InChI=1S/C13H23N5O/c1-10-15-12(17-14)9-13(16-10)18(7-8-19)11-5-3-2-4-6-11/h9,11,19H,2-8,14H2,1H3,(H,15,16,17). The van der Waals surface area contributed by atoms with Crippen LogP contribution in [-0.2, 0) is 0 Å². The van der Waals surface area contributed by atoms with Gasteiger partial charge in [0.15, 0.2) is 0 Å². The van der Waals surface area contributed by atoms with Crippen molar-refractivity contribution < 1.29 is 5.11 Å². The van der Waals surface area contributed by atoms with Crippen LogP contribution >= 0.6 is 0 Å². The van der Waals surface area contributed by atoms with Gasteiger partial charge in [0.05, 0.1) is 6.61 Å². The van der Waals surface area contributed by atoms with E-state index in [1.807, 2.05) is 13.0 Å². The molecule has 1 fully saturated rings. The van der Waals surface area contributed by atoms with Crippen molar-refractivity contribution in [2.45, 2.75) is 45.1 Å². The summed E-state index contributed by atoms with van der Waals surface area (Å²) in [7, 11) is 0. The van der Waals surface area contributed by atoms with Gasteiger partial charge in [0, 0.05) is 18.7 Å². The molecule has 0 amide bonds. The highest BCUT2D eigenvalue weighted by Crippen LogP contribution is 2.27. The number of hydrogen-bond donors (Lipinski definition) is 3. The first-order chi connectivity index (χ1) is 9.24. The number of aromatic nitrogens is 2. The topological polar surface area (TPSA) is 87.3 Å². The van der Waals surface area contributed by atoms with Crippen LogP contribution in [0.1, 0.15) is 37.9 Å². The smallest absolute Gasteiger partial charge is 0.145 e. The van der Waals surface area contributed by atoms with Crippen molar-refractivity contribution in [1.29, 1.82) is 0 Å². The minimum absolute atomic E-state index is 0.130. The third-order valence-corrected chi connectivity index (χ3v) is 3.62. The fourth-order valence-corrected chi connectivity index (χ4v) is 2.76. The molecular weight excluding hydrogens is 242 g/mol. The molecule has 19 heavy (non-hydrogen) atoms. The third kappa shape index (κ3) is 3.54. The summed E-state index contributed by atoms with van der Waals surface area (Å²) >= 11 is 0. The Balaban J connectivity index is 2.24. The monoisotopic (exact) mass is 265 g/mol. The number of rotatable bonds is 5. The van der Waals surface area contributed by atoms with E-state index in [9.17, 15) is 5.11 Å². The number of anilines is 2. The highest BCUT2D eigenvalue weighted by atomic mass is 16.3. The predicted octanol–water partition coefficient (Wildman–Crippen LogP) is 1.20. The van der Waals surface area contributed by atoms with Crippen molar-refractivity contribution in [1.82, 2.24) is 9.97 Å². The summed E-state index contributed by atoms with van der Waals surface area (Å²) in [6.45, 7) is 2.58. The van der Waals surface area contributed by atoms with Gasteiger partial charge in [-0.2, -0.15) is 0 Å². The van der Waals surface area contributed by atoms with E-state index in [-0.39, 0.29) is 6.61 Å². The van der Waals surface area contributed by atoms with E-state index < -0.39 is 0 Å². The van der Waals surface area contributed by atoms with Crippen molar-refractivity contribution in [3.8, 4) is 0 Å². The van der Waals surface area contributed by atoms with E-state index in [1.165, 1.54) is 19.3 Å². The largest absolute Gasteiger partial charge is 0.395 e. The summed E-state index contributed by atoms with van der Waals surface area (Å²) in [5, 5.41) is 9.30. The van der Waals surface area contributed by atoms with Gasteiger partial charge in [0.2, 0.25) is 0 Å². The second-order valence-electron chi connectivity index (χ2n) is 5.01. The van der Waals surface area contributed by atoms with Crippen molar-refractivity contribution >= 4 is 11.6 Å². The van der Waals surface area contributed by atoms with Crippen LogP contribution in [-0.4, -0.2) is 34.3 Å².